The van der Waals surface area contributed by atoms with Crippen molar-refractivity contribution >= 4 is 0 Å². The van der Waals surface area contributed by atoms with Gasteiger partial charge in [-0.05, 0) is 12.8 Å². The molecular weight excluding hydrogens is 692 g/mol. The second-order valence-electron chi connectivity index (χ2n) is 13.7. The van der Waals surface area contributed by atoms with E-state index in [1.807, 2.05) is 0 Å². The smallest absolute Gasteiger partial charge is 0.0701 e. The summed E-state index contributed by atoms with van der Waals surface area (Å²) in [5.41, 5.74) is 0. The number of ether oxygens (including phenoxy) is 11. The first-order valence-corrected chi connectivity index (χ1v) is 22.3. The molecule has 0 saturated heterocycles. The Morgan fingerprint density at radius 1 is 0.148 bits per heavy atom. The van der Waals surface area contributed by atoms with E-state index in [-0.39, 0.29) is 0 Å². The van der Waals surface area contributed by atoms with Gasteiger partial charge in [-0.15, -0.1) is 0 Å². The van der Waals surface area contributed by atoms with Crippen LogP contribution in [-0.4, -0.2) is 145 Å². The van der Waals surface area contributed by atoms with Gasteiger partial charge < -0.3 is 52.1 Å². The summed E-state index contributed by atoms with van der Waals surface area (Å²) in [4.78, 5) is 0. The molecule has 11 heteroatoms. The van der Waals surface area contributed by atoms with Crippen molar-refractivity contribution < 1.29 is 52.1 Å². The van der Waals surface area contributed by atoms with Crippen LogP contribution in [0.4, 0.5) is 0 Å². The van der Waals surface area contributed by atoms with Gasteiger partial charge in [0.25, 0.3) is 0 Å². The van der Waals surface area contributed by atoms with Crippen LogP contribution in [0.3, 0.4) is 0 Å². The standard InChI is InChI=1S/C43H88O11/c1-3-5-7-8-9-10-11-12-13-14-15-16-17-18-19-21-23-45-25-27-47-29-31-49-33-35-51-37-39-53-41-43-54-42-40-52-38-36-50-34-32-48-30-28-46-26-24-44-22-20-6-4-2/h3-43H2,1-2H3. The lowest BCUT2D eigenvalue weighted by atomic mass is 10.0. The summed E-state index contributed by atoms with van der Waals surface area (Å²) in [6.45, 7) is 17.4. The third kappa shape index (κ3) is 51.6. The molecule has 0 unspecified atom stereocenters. The van der Waals surface area contributed by atoms with Gasteiger partial charge in [0.1, 0.15) is 0 Å². The van der Waals surface area contributed by atoms with Crippen molar-refractivity contribution in [2.24, 2.45) is 0 Å². The molecule has 54 heavy (non-hydrogen) atoms. The van der Waals surface area contributed by atoms with Gasteiger partial charge in [0.15, 0.2) is 0 Å². The van der Waals surface area contributed by atoms with Crippen molar-refractivity contribution in [2.75, 3.05) is 145 Å². The normalized spacial score (nSPS) is 11.7. The number of unbranched alkanes of at least 4 members (excludes halogenated alkanes) is 17. The molecular formula is C43H88O11. The lowest BCUT2D eigenvalue weighted by Crippen LogP contribution is -2.15. The van der Waals surface area contributed by atoms with E-state index in [2.05, 4.69) is 13.8 Å². The highest BCUT2D eigenvalue weighted by atomic mass is 16.6. The maximum Gasteiger partial charge on any atom is 0.0701 e. The van der Waals surface area contributed by atoms with Gasteiger partial charge in [0, 0.05) is 13.2 Å². The van der Waals surface area contributed by atoms with Gasteiger partial charge in [-0.2, -0.15) is 0 Å². The van der Waals surface area contributed by atoms with Crippen molar-refractivity contribution in [1.82, 2.24) is 0 Å². The number of rotatable bonds is 51. The molecule has 0 aliphatic rings. The molecule has 0 spiro atoms. The van der Waals surface area contributed by atoms with Crippen LogP contribution in [0, 0.1) is 0 Å². The van der Waals surface area contributed by atoms with Crippen molar-refractivity contribution in [3.05, 3.63) is 0 Å². The molecule has 0 radical (unpaired) electrons. The Balaban J connectivity index is 3.05. The van der Waals surface area contributed by atoms with Crippen LogP contribution >= 0.6 is 0 Å². The molecule has 0 rings (SSSR count). The summed E-state index contributed by atoms with van der Waals surface area (Å²) < 4.78 is 60.9. The summed E-state index contributed by atoms with van der Waals surface area (Å²) in [7, 11) is 0. The quantitative estimate of drug-likeness (QED) is 0.0555. The highest BCUT2D eigenvalue weighted by molar-refractivity contribution is 4.50. The zero-order valence-electron chi connectivity index (χ0n) is 35.5. The predicted octanol–water partition coefficient (Wildman–Crippen LogP) is 8.62. The summed E-state index contributed by atoms with van der Waals surface area (Å²) >= 11 is 0. The summed E-state index contributed by atoms with van der Waals surface area (Å²) in [5, 5.41) is 0. The van der Waals surface area contributed by atoms with Gasteiger partial charge in [0.2, 0.25) is 0 Å². The zero-order chi connectivity index (χ0) is 38.8. The average molecular weight is 781 g/mol. The van der Waals surface area contributed by atoms with E-state index < -0.39 is 0 Å². The minimum atomic E-state index is 0.528. The van der Waals surface area contributed by atoms with Gasteiger partial charge in [-0.1, -0.05) is 123 Å². The van der Waals surface area contributed by atoms with E-state index in [4.69, 9.17) is 52.1 Å². The maximum absolute atomic E-state index is 5.70. The van der Waals surface area contributed by atoms with E-state index >= 15 is 0 Å². The average Bonchev–Trinajstić information content (AvgIpc) is 3.18. The Labute approximate surface area is 332 Å². The number of hydrogen-bond acceptors (Lipinski definition) is 11. The molecule has 0 saturated carbocycles. The molecule has 0 N–H and O–H groups in total. The van der Waals surface area contributed by atoms with Crippen LogP contribution in [0.5, 0.6) is 0 Å². The fourth-order valence-corrected chi connectivity index (χ4v) is 5.51. The lowest BCUT2D eigenvalue weighted by molar-refractivity contribution is -0.0275. The van der Waals surface area contributed by atoms with Crippen LogP contribution in [-0.2, 0) is 52.1 Å². The minimum absolute atomic E-state index is 0.528. The van der Waals surface area contributed by atoms with Crippen LogP contribution in [0.15, 0.2) is 0 Å². The Kier molecular flexibility index (Phi) is 52.1. The fraction of sp³-hybridized carbons (Fsp3) is 1.00. The van der Waals surface area contributed by atoms with Crippen LogP contribution < -0.4 is 0 Å². The maximum atomic E-state index is 5.70. The van der Waals surface area contributed by atoms with Gasteiger partial charge in [-0.3, -0.25) is 0 Å². The summed E-state index contributed by atoms with van der Waals surface area (Å²) in [6.07, 6.45) is 25.8. The summed E-state index contributed by atoms with van der Waals surface area (Å²) in [5.74, 6) is 0. The molecule has 0 aromatic carbocycles. The highest BCUT2D eigenvalue weighted by Crippen LogP contribution is 2.13. The molecule has 0 fully saturated rings. The largest absolute Gasteiger partial charge is 0.379 e. The van der Waals surface area contributed by atoms with E-state index in [1.54, 1.807) is 0 Å². The van der Waals surface area contributed by atoms with E-state index in [0.717, 1.165) is 26.1 Å². The molecule has 0 atom stereocenters. The third-order valence-corrected chi connectivity index (χ3v) is 8.75. The molecule has 0 bridgehead atoms. The van der Waals surface area contributed by atoms with Crippen molar-refractivity contribution in [2.45, 2.75) is 136 Å². The van der Waals surface area contributed by atoms with Crippen LogP contribution in [0.25, 0.3) is 0 Å². The SMILES string of the molecule is CCCCCCCCCCCCCCCCCCOCCOCCOCCOCCOCCOCCOCCOCCOCCOCCOCCCCC. The molecule has 0 aliphatic heterocycles. The fourth-order valence-electron chi connectivity index (χ4n) is 5.51. The zero-order valence-corrected chi connectivity index (χ0v) is 35.5. The first-order chi connectivity index (χ1) is 26.9. The molecule has 0 amide bonds. The first kappa shape index (κ1) is 53.6. The Bertz CT molecular complexity index is 580. The molecule has 0 aromatic rings. The van der Waals surface area contributed by atoms with Crippen molar-refractivity contribution in [3.8, 4) is 0 Å². The lowest BCUT2D eigenvalue weighted by Gasteiger charge is -2.09. The Morgan fingerprint density at radius 2 is 0.278 bits per heavy atom. The molecule has 326 valence electrons. The summed E-state index contributed by atoms with van der Waals surface area (Å²) in [6, 6.07) is 0. The second kappa shape index (κ2) is 52.6. The predicted molar refractivity (Wildman–Crippen MR) is 218 cm³/mol. The van der Waals surface area contributed by atoms with Gasteiger partial charge >= 0.3 is 0 Å². The second-order valence-corrected chi connectivity index (χ2v) is 13.7. The minimum Gasteiger partial charge on any atom is -0.379 e. The molecule has 0 heterocycles. The highest BCUT2D eigenvalue weighted by Gasteiger charge is 1.98. The topological polar surface area (TPSA) is 102 Å². The van der Waals surface area contributed by atoms with E-state index in [9.17, 15) is 0 Å². The van der Waals surface area contributed by atoms with Gasteiger partial charge in [0.05, 0.1) is 132 Å². The van der Waals surface area contributed by atoms with Gasteiger partial charge in [-0.25, -0.2) is 0 Å². The third-order valence-electron chi connectivity index (χ3n) is 8.75. The van der Waals surface area contributed by atoms with Crippen LogP contribution in [0.1, 0.15) is 136 Å². The van der Waals surface area contributed by atoms with E-state index in [0.29, 0.717) is 132 Å². The molecule has 0 aromatic heterocycles. The molecule has 11 nitrogen and oxygen atoms in total. The monoisotopic (exact) mass is 781 g/mol. The van der Waals surface area contributed by atoms with Crippen LogP contribution in [0.2, 0.25) is 0 Å². The Hall–Kier alpha value is -0.440. The van der Waals surface area contributed by atoms with Crippen molar-refractivity contribution in [1.29, 1.82) is 0 Å². The van der Waals surface area contributed by atoms with E-state index in [1.165, 1.54) is 109 Å². The Morgan fingerprint density at radius 3 is 0.481 bits per heavy atom. The first-order valence-electron chi connectivity index (χ1n) is 22.3. The molecule has 0 aliphatic carbocycles. The van der Waals surface area contributed by atoms with Crippen molar-refractivity contribution in [3.63, 3.8) is 0 Å². The number of hydrogen-bond donors (Lipinski definition) is 0.